The minimum atomic E-state index is 0.554. The largest absolute Gasteiger partial charge is 0.311 e. The minimum Gasteiger partial charge on any atom is -0.311 e. The summed E-state index contributed by atoms with van der Waals surface area (Å²) in [6.45, 7) is 4.59. The van der Waals surface area contributed by atoms with Gasteiger partial charge in [-0.25, -0.2) is 0 Å². The first-order valence-electron chi connectivity index (χ1n) is 7.85. The molecule has 0 radical (unpaired) electrons. The van der Waals surface area contributed by atoms with E-state index < -0.39 is 0 Å². The summed E-state index contributed by atoms with van der Waals surface area (Å²) in [4.78, 5) is 2.78. The Bertz CT molecular complexity index is 422. The van der Waals surface area contributed by atoms with Crippen molar-refractivity contribution in [1.29, 1.82) is 0 Å². The fraction of sp³-hybridized carbons (Fsp3) is 0.647. The van der Waals surface area contributed by atoms with Crippen molar-refractivity contribution in [2.45, 2.75) is 49.6 Å². The standard InChI is InChI=1S/C17H26N2S/c1-13-12-19(15-8-9-16(10-15)20-2)17(11-18-13)14-6-4-3-5-7-14/h3-7,13,15-18H,8-12H2,1-2H3. The van der Waals surface area contributed by atoms with Gasteiger partial charge in [-0.15, -0.1) is 0 Å². The van der Waals surface area contributed by atoms with Gasteiger partial charge >= 0.3 is 0 Å². The second-order valence-corrected chi connectivity index (χ2v) is 7.40. The van der Waals surface area contributed by atoms with Crippen LogP contribution in [-0.2, 0) is 0 Å². The fourth-order valence-corrected chi connectivity index (χ4v) is 4.55. The number of rotatable bonds is 3. The van der Waals surface area contributed by atoms with Gasteiger partial charge in [0.15, 0.2) is 0 Å². The summed E-state index contributed by atoms with van der Waals surface area (Å²) in [5.74, 6) is 0. The maximum Gasteiger partial charge on any atom is 0.0476 e. The molecule has 1 aromatic rings. The van der Waals surface area contributed by atoms with E-state index in [1.54, 1.807) is 0 Å². The zero-order valence-corrected chi connectivity index (χ0v) is 13.4. The normalized spacial score (nSPS) is 35.3. The maximum atomic E-state index is 3.66. The number of benzene rings is 1. The van der Waals surface area contributed by atoms with Crippen molar-refractivity contribution in [3.63, 3.8) is 0 Å². The van der Waals surface area contributed by atoms with Gasteiger partial charge in [0.1, 0.15) is 0 Å². The number of thioether (sulfide) groups is 1. The lowest BCUT2D eigenvalue weighted by atomic mass is 9.98. The predicted octanol–water partition coefficient (Wildman–Crippen LogP) is 3.31. The van der Waals surface area contributed by atoms with E-state index in [1.807, 2.05) is 0 Å². The monoisotopic (exact) mass is 290 g/mol. The van der Waals surface area contributed by atoms with E-state index in [2.05, 4.69) is 65.5 Å². The highest BCUT2D eigenvalue weighted by Crippen LogP contribution is 2.36. The highest BCUT2D eigenvalue weighted by Gasteiger charge is 2.36. The van der Waals surface area contributed by atoms with Gasteiger partial charge in [0.2, 0.25) is 0 Å². The Morgan fingerprint density at radius 3 is 2.70 bits per heavy atom. The van der Waals surface area contributed by atoms with Crippen LogP contribution in [-0.4, -0.2) is 41.6 Å². The topological polar surface area (TPSA) is 15.3 Å². The average molecular weight is 290 g/mol. The molecule has 3 heteroatoms. The molecule has 1 N–H and O–H groups in total. The molecule has 20 heavy (non-hydrogen) atoms. The summed E-state index contributed by atoms with van der Waals surface area (Å²) in [6.07, 6.45) is 6.41. The molecule has 0 bridgehead atoms. The molecule has 0 amide bonds. The lowest BCUT2D eigenvalue weighted by molar-refractivity contribution is 0.0876. The van der Waals surface area contributed by atoms with Crippen LogP contribution in [0.2, 0.25) is 0 Å². The number of piperazine rings is 1. The van der Waals surface area contributed by atoms with Crippen molar-refractivity contribution in [2.75, 3.05) is 19.3 Å². The first-order valence-corrected chi connectivity index (χ1v) is 9.13. The predicted molar refractivity (Wildman–Crippen MR) is 88.3 cm³/mol. The van der Waals surface area contributed by atoms with Gasteiger partial charge in [-0.1, -0.05) is 30.3 Å². The maximum absolute atomic E-state index is 3.66. The van der Waals surface area contributed by atoms with Crippen LogP contribution < -0.4 is 5.32 Å². The van der Waals surface area contributed by atoms with Crippen molar-refractivity contribution in [3.05, 3.63) is 35.9 Å². The molecular weight excluding hydrogens is 264 g/mol. The molecule has 1 saturated heterocycles. The smallest absolute Gasteiger partial charge is 0.0476 e. The second-order valence-electron chi connectivity index (χ2n) is 6.26. The molecule has 2 fully saturated rings. The Morgan fingerprint density at radius 2 is 2.00 bits per heavy atom. The van der Waals surface area contributed by atoms with Crippen LogP contribution in [0.25, 0.3) is 0 Å². The summed E-state index contributed by atoms with van der Waals surface area (Å²) in [6, 6.07) is 13.0. The lowest BCUT2D eigenvalue weighted by Crippen LogP contribution is -2.54. The van der Waals surface area contributed by atoms with Gasteiger partial charge < -0.3 is 5.32 Å². The van der Waals surface area contributed by atoms with Crippen LogP contribution in [0, 0.1) is 0 Å². The Kier molecular flexibility index (Phi) is 4.69. The first-order chi connectivity index (χ1) is 9.78. The summed E-state index contributed by atoms with van der Waals surface area (Å²) in [7, 11) is 0. The van der Waals surface area contributed by atoms with Crippen molar-refractivity contribution in [2.24, 2.45) is 0 Å². The fourth-order valence-electron chi connectivity index (χ4n) is 3.76. The highest BCUT2D eigenvalue weighted by atomic mass is 32.2. The van der Waals surface area contributed by atoms with Gasteiger partial charge in [0.05, 0.1) is 0 Å². The van der Waals surface area contributed by atoms with Gasteiger partial charge in [-0.3, -0.25) is 4.90 Å². The Balaban J connectivity index is 1.77. The SMILES string of the molecule is CSC1CCC(N2CC(C)NCC2c2ccccc2)C1. The summed E-state index contributed by atoms with van der Waals surface area (Å²) in [5.41, 5.74) is 1.47. The first kappa shape index (κ1) is 14.4. The zero-order chi connectivity index (χ0) is 13.9. The molecule has 4 unspecified atom stereocenters. The van der Waals surface area contributed by atoms with Crippen molar-refractivity contribution in [3.8, 4) is 0 Å². The molecule has 4 atom stereocenters. The average Bonchev–Trinajstić information content (AvgIpc) is 2.97. The van der Waals surface area contributed by atoms with E-state index in [-0.39, 0.29) is 0 Å². The highest BCUT2D eigenvalue weighted by molar-refractivity contribution is 7.99. The van der Waals surface area contributed by atoms with Crippen LogP contribution in [0.3, 0.4) is 0 Å². The molecule has 1 aliphatic carbocycles. The van der Waals surface area contributed by atoms with E-state index in [9.17, 15) is 0 Å². The number of hydrogen-bond donors (Lipinski definition) is 1. The van der Waals surface area contributed by atoms with Gasteiger partial charge in [-0.2, -0.15) is 11.8 Å². The third-order valence-electron chi connectivity index (χ3n) is 4.89. The van der Waals surface area contributed by atoms with E-state index in [0.717, 1.165) is 17.8 Å². The van der Waals surface area contributed by atoms with Crippen LogP contribution in [0.15, 0.2) is 30.3 Å². The molecule has 110 valence electrons. The Hall–Kier alpha value is -0.510. The molecule has 1 heterocycles. The number of nitrogens with zero attached hydrogens (tertiary/aromatic N) is 1. The number of hydrogen-bond acceptors (Lipinski definition) is 3. The van der Waals surface area contributed by atoms with E-state index >= 15 is 0 Å². The van der Waals surface area contributed by atoms with E-state index in [0.29, 0.717) is 12.1 Å². The van der Waals surface area contributed by atoms with E-state index in [1.165, 1.54) is 31.4 Å². The third-order valence-corrected chi connectivity index (χ3v) is 5.98. The Labute approximate surface area is 127 Å². The van der Waals surface area contributed by atoms with Crippen molar-refractivity contribution in [1.82, 2.24) is 10.2 Å². The molecule has 1 saturated carbocycles. The van der Waals surface area contributed by atoms with Crippen LogP contribution in [0.4, 0.5) is 0 Å². The second kappa shape index (κ2) is 6.50. The third kappa shape index (κ3) is 3.05. The summed E-state index contributed by atoms with van der Waals surface area (Å²) < 4.78 is 0. The van der Waals surface area contributed by atoms with Crippen molar-refractivity contribution < 1.29 is 0 Å². The molecule has 3 rings (SSSR count). The zero-order valence-electron chi connectivity index (χ0n) is 12.6. The molecule has 1 aromatic carbocycles. The van der Waals surface area contributed by atoms with Crippen molar-refractivity contribution >= 4 is 11.8 Å². The molecular formula is C17H26N2S. The minimum absolute atomic E-state index is 0.554. The summed E-state index contributed by atoms with van der Waals surface area (Å²) in [5, 5.41) is 4.54. The van der Waals surface area contributed by atoms with Crippen LogP contribution in [0.5, 0.6) is 0 Å². The quantitative estimate of drug-likeness (QED) is 0.919. The van der Waals surface area contributed by atoms with Gasteiger partial charge in [0.25, 0.3) is 0 Å². The molecule has 0 aromatic heterocycles. The van der Waals surface area contributed by atoms with Gasteiger partial charge in [-0.05, 0) is 38.0 Å². The van der Waals surface area contributed by atoms with E-state index in [4.69, 9.17) is 0 Å². The lowest BCUT2D eigenvalue weighted by Gasteiger charge is -2.43. The molecule has 1 aliphatic heterocycles. The molecule has 0 spiro atoms. The molecule has 2 nitrogen and oxygen atoms in total. The van der Waals surface area contributed by atoms with Crippen LogP contribution >= 0.6 is 11.8 Å². The van der Waals surface area contributed by atoms with Crippen LogP contribution in [0.1, 0.15) is 37.8 Å². The van der Waals surface area contributed by atoms with Gasteiger partial charge in [0, 0.05) is 36.5 Å². The summed E-state index contributed by atoms with van der Waals surface area (Å²) >= 11 is 2.06. The molecule has 2 aliphatic rings. The number of nitrogens with one attached hydrogen (secondary N) is 1. The Morgan fingerprint density at radius 1 is 1.20 bits per heavy atom.